The van der Waals surface area contributed by atoms with Crippen molar-refractivity contribution >= 4 is 15.9 Å². The van der Waals surface area contributed by atoms with Crippen molar-refractivity contribution in [3.05, 3.63) is 36.2 Å². The van der Waals surface area contributed by atoms with E-state index in [1.165, 1.54) is 21.1 Å². The molecule has 0 radical (unpaired) electrons. The van der Waals surface area contributed by atoms with Crippen LogP contribution in [0.1, 0.15) is 22.4 Å². The van der Waals surface area contributed by atoms with Gasteiger partial charge in [-0.15, -0.1) is 0 Å². The number of carbonyl (C=O) groups excluding carboxylic acids is 1. The van der Waals surface area contributed by atoms with Crippen molar-refractivity contribution in [2.24, 2.45) is 12.8 Å². The minimum atomic E-state index is -3.71. The van der Waals surface area contributed by atoms with Crippen LogP contribution in [0, 0.1) is 0 Å². The van der Waals surface area contributed by atoms with E-state index in [9.17, 15) is 13.2 Å². The van der Waals surface area contributed by atoms with Gasteiger partial charge in [-0.2, -0.15) is 4.31 Å². The molecule has 10 heteroatoms. The van der Waals surface area contributed by atoms with Crippen molar-refractivity contribution in [1.29, 1.82) is 0 Å². The molecule has 3 rings (SSSR count). The van der Waals surface area contributed by atoms with Crippen LogP contribution in [0.3, 0.4) is 0 Å². The molecular weight excluding hydrogens is 332 g/mol. The molecule has 1 atom stereocenters. The molecule has 3 heterocycles. The molecule has 2 aromatic rings. The second-order valence-corrected chi connectivity index (χ2v) is 7.81. The first kappa shape index (κ1) is 16.7. The first-order chi connectivity index (χ1) is 11.3. The summed E-state index contributed by atoms with van der Waals surface area (Å²) >= 11 is 0. The van der Waals surface area contributed by atoms with Crippen LogP contribution < -0.4 is 5.73 Å². The van der Waals surface area contributed by atoms with Gasteiger partial charge >= 0.3 is 0 Å². The SMILES string of the molecule is CN1CCN(S(=O)(=O)c2cc(C(N)=O)n(C)c2)CC1c1ncc[nH]1. The third-order valence-corrected chi connectivity index (χ3v) is 6.15. The van der Waals surface area contributed by atoms with E-state index in [0.717, 1.165) is 5.82 Å². The molecule has 0 saturated carbocycles. The van der Waals surface area contributed by atoms with E-state index < -0.39 is 15.9 Å². The van der Waals surface area contributed by atoms with Crippen LogP contribution >= 0.6 is 0 Å². The van der Waals surface area contributed by atoms with Crippen LogP contribution in [0.5, 0.6) is 0 Å². The largest absolute Gasteiger partial charge is 0.364 e. The average molecular weight is 352 g/mol. The van der Waals surface area contributed by atoms with Crippen LogP contribution in [0.15, 0.2) is 29.6 Å². The number of aromatic nitrogens is 3. The van der Waals surface area contributed by atoms with Crippen molar-refractivity contribution in [1.82, 2.24) is 23.7 Å². The zero-order valence-corrected chi connectivity index (χ0v) is 14.3. The number of nitrogens with zero attached hydrogens (tertiary/aromatic N) is 4. The summed E-state index contributed by atoms with van der Waals surface area (Å²) in [6.45, 7) is 1.24. The van der Waals surface area contributed by atoms with E-state index in [2.05, 4.69) is 14.9 Å². The van der Waals surface area contributed by atoms with Gasteiger partial charge in [0.15, 0.2) is 0 Å². The maximum absolute atomic E-state index is 12.9. The summed E-state index contributed by atoms with van der Waals surface area (Å²) in [5.74, 6) is 0.0640. The number of sulfonamides is 1. The lowest BCUT2D eigenvalue weighted by molar-refractivity contribution is 0.0992. The smallest absolute Gasteiger partial charge is 0.265 e. The summed E-state index contributed by atoms with van der Waals surface area (Å²) in [5.41, 5.74) is 5.42. The van der Waals surface area contributed by atoms with Crippen LogP contribution in [-0.2, 0) is 17.1 Å². The van der Waals surface area contributed by atoms with Gasteiger partial charge in [0.2, 0.25) is 10.0 Å². The highest BCUT2D eigenvalue weighted by Crippen LogP contribution is 2.26. The minimum absolute atomic E-state index is 0.0709. The molecule has 0 aliphatic carbocycles. The van der Waals surface area contributed by atoms with Gasteiger partial charge in [-0.25, -0.2) is 13.4 Å². The third kappa shape index (κ3) is 2.83. The Kier molecular flexibility index (Phi) is 4.20. The standard InChI is InChI=1S/C14H20N6O3S/c1-18-5-6-20(9-12(18)14-16-3-4-17-14)24(22,23)10-7-11(13(15)21)19(2)8-10/h3-4,7-8,12H,5-6,9H2,1-2H3,(H2,15,21)(H,16,17). The minimum Gasteiger partial charge on any atom is -0.364 e. The predicted molar refractivity (Wildman–Crippen MR) is 86.6 cm³/mol. The molecule has 1 aliphatic heterocycles. The highest BCUT2D eigenvalue weighted by atomic mass is 32.2. The quantitative estimate of drug-likeness (QED) is 0.771. The molecule has 3 N–H and O–H groups in total. The van der Waals surface area contributed by atoms with Crippen LogP contribution in [0.4, 0.5) is 0 Å². The molecule has 9 nitrogen and oxygen atoms in total. The molecule has 24 heavy (non-hydrogen) atoms. The fraction of sp³-hybridized carbons (Fsp3) is 0.429. The van der Waals surface area contributed by atoms with Gasteiger partial charge in [-0.05, 0) is 13.1 Å². The molecule has 0 spiro atoms. The van der Waals surface area contributed by atoms with Crippen LogP contribution in [0.25, 0.3) is 0 Å². The maximum Gasteiger partial charge on any atom is 0.265 e. The monoisotopic (exact) mass is 352 g/mol. The number of piperazine rings is 1. The van der Waals surface area contributed by atoms with E-state index in [1.807, 2.05) is 7.05 Å². The number of likely N-dealkylation sites (N-methyl/N-ethyl adjacent to an activating group) is 1. The summed E-state index contributed by atoms with van der Waals surface area (Å²) in [6, 6.07) is 1.17. The van der Waals surface area contributed by atoms with Crippen molar-refractivity contribution in [2.45, 2.75) is 10.9 Å². The highest BCUT2D eigenvalue weighted by molar-refractivity contribution is 7.89. The number of aryl methyl sites for hydroxylation is 1. The number of imidazole rings is 1. The van der Waals surface area contributed by atoms with Gasteiger partial charge in [0.1, 0.15) is 16.4 Å². The number of hydrogen-bond donors (Lipinski definition) is 2. The topological polar surface area (TPSA) is 117 Å². The Morgan fingerprint density at radius 3 is 2.71 bits per heavy atom. The fourth-order valence-electron chi connectivity index (χ4n) is 2.89. The lowest BCUT2D eigenvalue weighted by atomic mass is 10.2. The third-order valence-electron chi connectivity index (χ3n) is 4.32. The summed E-state index contributed by atoms with van der Waals surface area (Å²) in [7, 11) is -0.181. The normalized spacial score (nSPS) is 20.3. The number of nitrogens with two attached hydrogens (primary N) is 1. The number of nitrogens with one attached hydrogen (secondary N) is 1. The Labute approximate surface area is 140 Å². The second-order valence-electron chi connectivity index (χ2n) is 5.87. The lowest BCUT2D eigenvalue weighted by Crippen LogP contribution is -2.49. The van der Waals surface area contributed by atoms with E-state index >= 15 is 0 Å². The second kappa shape index (κ2) is 6.04. The van der Waals surface area contributed by atoms with Gasteiger partial charge in [0.25, 0.3) is 5.91 Å². The molecule has 0 aromatic carbocycles. The maximum atomic E-state index is 12.9. The highest BCUT2D eigenvalue weighted by Gasteiger charge is 2.35. The molecule has 1 unspecified atom stereocenters. The number of amides is 1. The molecular formula is C14H20N6O3S. The molecule has 1 saturated heterocycles. The molecule has 1 fully saturated rings. The first-order valence-electron chi connectivity index (χ1n) is 7.46. The van der Waals surface area contributed by atoms with Gasteiger partial charge in [-0.1, -0.05) is 0 Å². The number of rotatable bonds is 4. The van der Waals surface area contributed by atoms with E-state index in [1.54, 1.807) is 19.4 Å². The summed E-state index contributed by atoms with van der Waals surface area (Å²) in [6.07, 6.45) is 4.77. The Morgan fingerprint density at radius 1 is 1.38 bits per heavy atom. The molecule has 130 valence electrons. The van der Waals surface area contributed by atoms with Gasteiger partial charge in [0, 0.05) is 45.3 Å². The van der Waals surface area contributed by atoms with Crippen molar-refractivity contribution < 1.29 is 13.2 Å². The lowest BCUT2D eigenvalue weighted by Gasteiger charge is -2.37. The fourth-order valence-corrected chi connectivity index (χ4v) is 4.40. The Morgan fingerprint density at radius 2 is 2.12 bits per heavy atom. The van der Waals surface area contributed by atoms with Crippen molar-refractivity contribution in [3.8, 4) is 0 Å². The van der Waals surface area contributed by atoms with Crippen LogP contribution in [0.2, 0.25) is 0 Å². The van der Waals surface area contributed by atoms with E-state index in [4.69, 9.17) is 5.73 Å². The summed E-state index contributed by atoms with van der Waals surface area (Å²) in [5, 5.41) is 0. The van der Waals surface area contributed by atoms with Crippen molar-refractivity contribution in [2.75, 3.05) is 26.7 Å². The number of hydrogen-bond acceptors (Lipinski definition) is 5. The Balaban J connectivity index is 1.90. The number of carbonyl (C=O) groups is 1. The number of primary amides is 1. The zero-order chi connectivity index (χ0) is 17.5. The van der Waals surface area contributed by atoms with Gasteiger partial charge in [-0.3, -0.25) is 9.69 Å². The Hall–Kier alpha value is -2.17. The van der Waals surface area contributed by atoms with E-state index in [-0.39, 0.29) is 23.2 Å². The van der Waals surface area contributed by atoms with Crippen LogP contribution in [-0.4, -0.2) is 64.7 Å². The molecule has 0 bridgehead atoms. The summed E-state index contributed by atoms with van der Waals surface area (Å²) in [4.78, 5) is 20.8. The van der Waals surface area contributed by atoms with Crippen molar-refractivity contribution in [3.63, 3.8) is 0 Å². The number of H-pyrrole nitrogens is 1. The van der Waals surface area contributed by atoms with E-state index in [0.29, 0.717) is 13.1 Å². The zero-order valence-electron chi connectivity index (χ0n) is 13.5. The van der Waals surface area contributed by atoms with Gasteiger partial charge < -0.3 is 15.3 Å². The van der Waals surface area contributed by atoms with Gasteiger partial charge in [0.05, 0.1) is 6.04 Å². The number of aromatic amines is 1. The molecule has 1 aliphatic rings. The molecule has 1 amide bonds. The summed E-state index contributed by atoms with van der Waals surface area (Å²) < 4.78 is 28.7. The first-order valence-corrected chi connectivity index (χ1v) is 8.90. The molecule has 2 aromatic heterocycles. The predicted octanol–water partition coefficient (Wildman–Crippen LogP) is -0.475. The Bertz CT molecular complexity index is 842. The average Bonchev–Trinajstić information content (AvgIpc) is 3.17.